The molecule has 0 aliphatic heterocycles. The lowest BCUT2D eigenvalue weighted by Crippen LogP contribution is -2.33. The Hall–Kier alpha value is -2.08. The van der Waals surface area contributed by atoms with Crippen LogP contribution in [0.3, 0.4) is 0 Å². The molecular formula is C11H9NO2. The Morgan fingerprint density at radius 3 is 2.29 bits per heavy atom. The Bertz CT molecular complexity index is 389. The van der Waals surface area contributed by atoms with Gasteiger partial charge in [0.15, 0.2) is 0 Å². The minimum atomic E-state index is -0.649. The zero-order valence-corrected chi connectivity index (χ0v) is 7.73. The number of hydrogen-bond acceptors (Lipinski definition) is 2. The minimum Gasteiger partial charge on any atom is -0.274 e. The highest BCUT2D eigenvalue weighted by Gasteiger charge is 2.17. The van der Waals surface area contributed by atoms with Crippen LogP contribution in [0.2, 0.25) is 0 Å². The molecule has 0 N–H and O–H groups in total. The second-order valence-electron chi connectivity index (χ2n) is 2.64. The second-order valence-corrected chi connectivity index (χ2v) is 2.64. The van der Waals surface area contributed by atoms with Gasteiger partial charge in [-0.1, -0.05) is 18.2 Å². The van der Waals surface area contributed by atoms with Crippen LogP contribution in [0.4, 0.5) is 5.69 Å². The number of carbonyl (C=O) groups excluding carboxylic acids is 2. The van der Waals surface area contributed by atoms with Crippen molar-refractivity contribution in [3.05, 3.63) is 30.3 Å². The lowest BCUT2D eigenvalue weighted by Gasteiger charge is -2.15. The van der Waals surface area contributed by atoms with Crippen molar-refractivity contribution in [2.24, 2.45) is 0 Å². The quantitative estimate of drug-likeness (QED) is 0.619. The molecule has 3 nitrogen and oxygen atoms in total. The van der Waals surface area contributed by atoms with Crippen LogP contribution in [0.5, 0.6) is 0 Å². The molecule has 0 spiro atoms. The first-order chi connectivity index (χ1) is 6.66. The van der Waals surface area contributed by atoms with E-state index in [-0.39, 0.29) is 5.91 Å². The van der Waals surface area contributed by atoms with Crippen LogP contribution in [-0.4, -0.2) is 11.8 Å². The van der Waals surface area contributed by atoms with Crippen LogP contribution < -0.4 is 4.90 Å². The molecular weight excluding hydrogens is 178 g/mol. The number of imide groups is 1. The molecule has 0 radical (unpaired) electrons. The van der Waals surface area contributed by atoms with E-state index in [0.717, 1.165) is 4.90 Å². The van der Waals surface area contributed by atoms with E-state index in [1.165, 1.54) is 6.92 Å². The van der Waals surface area contributed by atoms with Crippen molar-refractivity contribution >= 4 is 17.5 Å². The monoisotopic (exact) mass is 187 g/mol. The molecule has 0 fully saturated rings. The highest BCUT2D eigenvalue weighted by atomic mass is 16.2. The maximum Gasteiger partial charge on any atom is 0.309 e. The topological polar surface area (TPSA) is 37.4 Å². The third-order valence-electron chi connectivity index (χ3n) is 1.66. The molecule has 70 valence electrons. The molecule has 0 saturated carbocycles. The van der Waals surface area contributed by atoms with E-state index >= 15 is 0 Å². The van der Waals surface area contributed by atoms with Gasteiger partial charge in [0.05, 0.1) is 5.69 Å². The summed E-state index contributed by atoms with van der Waals surface area (Å²) in [4.78, 5) is 23.3. The van der Waals surface area contributed by atoms with E-state index in [1.807, 2.05) is 5.92 Å². The van der Waals surface area contributed by atoms with Crippen molar-refractivity contribution in [2.45, 2.75) is 6.92 Å². The number of carbonyl (C=O) groups is 2. The first-order valence-corrected chi connectivity index (χ1v) is 4.03. The maximum absolute atomic E-state index is 11.2. The first-order valence-electron chi connectivity index (χ1n) is 4.03. The van der Waals surface area contributed by atoms with Gasteiger partial charge in [-0.25, -0.2) is 4.90 Å². The second kappa shape index (κ2) is 4.24. The number of amides is 2. The number of rotatable bonds is 1. The third kappa shape index (κ3) is 1.99. The molecule has 1 aromatic rings. The highest BCUT2D eigenvalue weighted by Crippen LogP contribution is 2.13. The molecule has 0 heterocycles. The molecule has 0 bridgehead atoms. The van der Waals surface area contributed by atoms with Crippen LogP contribution in [0.25, 0.3) is 0 Å². The van der Waals surface area contributed by atoms with Crippen molar-refractivity contribution in [1.82, 2.24) is 0 Å². The molecule has 0 aromatic heterocycles. The summed E-state index contributed by atoms with van der Waals surface area (Å²) in [6.45, 7) is 1.29. The van der Waals surface area contributed by atoms with Crippen LogP contribution in [0.15, 0.2) is 30.3 Å². The van der Waals surface area contributed by atoms with Gasteiger partial charge < -0.3 is 0 Å². The lowest BCUT2D eigenvalue weighted by atomic mass is 10.3. The van der Waals surface area contributed by atoms with Crippen LogP contribution in [-0.2, 0) is 9.59 Å². The SMILES string of the molecule is C#CC(=O)N(C(C)=O)c1ccccc1. The zero-order chi connectivity index (χ0) is 10.6. The molecule has 1 rings (SSSR count). The van der Waals surface area contributed by atoms with Crippen LogP contribution >= 0.6 is 0 Å². The van der Waals surface area contributed by atoms with Gasteiger partial charge in [-0.15, -0.1) is 6.42 Å². The summed E-state index contributed by atoms with van der Waals surface area (Å²) in [5.74, 6) is 0.872. The van der Waals surface area contributed by atoms with Gasteiger partial charge in [0.1, 0.15) is 0 Å². The van der Waals surface area contributed by atoms with Crippen molar-refractivity contribution in [3.63, 3.8) is 0 Å². The molecule has 1 aromatic carbocycles. The Morgan fingerprint density at radius 1 is 1.29 bits per heavy atom. The average molecular weight is 187 g/mol. The summed E-state index contributed by atoms with van der Waals surface area (Å²) < 4.78 is 0. The number of benzene rings is 1. The zero-order valence-electron chi connectivity index (χ0n) is 7.73. The van der Waals surface area contributed by atoms with E-state index in [4.69, 9.17) is 6.42 Å². The van der Waals surface area contributed by atoms with Crippen LogP contribution in [0.1, 0.15) is 6.92 Å². The standard InChI is InChI=1S/C11H9NO2/c1-3-11(14)12(9(2)13)10-7-5-4-6-8-10/h1,4-8H,2H3. The Labute approximate surface area is 82.3 Å². The first kappa shape index (κ1) is 10.0. The van der Waals surface area contributed by atoms with Gasteiger partial charge >= 0.3 is 5.91 Å². The molecule has 0 aliphatic carbocycles. The predicted octanol–water partition coefficient (Wildman–Crippen LogP) is 1.20. The van der Waals surface area contributed by atoms with Crippen LogP contribution in [0, 0.1) is 12.3 Å². The molecule has 2 amide bonds. The van der Waals surface area contributed by atoms with Gasteiger partial charge in [-0.2, -0.15) is 0 Å². The van der Waals surface area contributed by atoms with E-state index in [2.05, 4.69) is 0 Å². The summed E-state index contributed by atoms with van der Waals surface area (Å²) in [5.41, 5.74) is 0.489. The van der Waals surface area contributed by atoms with Gasteiger partial charge in [-0.3, -0.25) is 9.59 Å². The minimum absolute atomic E-state index is 0.390. The van der Waals surface area contributed by atoms with Gasteiger partial charge in [-0.05, 0) is 18.1 Å². The fourth-order valence-electron chi connectivity index (χ4n) is 1.08. The van der Waals surface area contributed by atoms with E-state index < -0.39 is 5.91 Å². The molecule has 14 heavy (non-hydrogen) atoms. The number of nitrogens with zero attached hydrogens (tertiary/aromatic N) is 1. The van der Waals surface area contributed by atoms with E-state index in [1.54, 1.807) is 30.3 Å². The third-order valence-corrected chi connectivity index (χ3v) is 1.66. The molecule has 0 saturated heterocycles. The number of terminal acetylenes is 1. The molecule has 3 heteroatoms. The smallest absolute Gasteiger partial charge is 0.274 e. The van der Waals surface area contributed by atoms with Gasteiger partial charge in [0.25, 0.3) is 0 Å². The van der Waals surface area contributed by atoms with Crippen molar-refractivity contribution in [3.8, 4) is 12.3 Å². The Morgan fingerprint density at radius 2 is 1.86 bits per heavy atom. The molecule has 0 unspecified atom stereocenters. The summed E-state index contributed by atoms with van der Waals surface area (Å²) in [7, 11) is 0. The normalized spacial score (nSPS) is 8.86. The number of anilines is 1. The predicted molar refractivity (Wildman–Crippen MR) is 53.4 cm³/mol. The number of para-hydroxylation sites is 1. The number of hydrogen-bond donors (Lipinski definition) is 0. The van der Waals surface area contributed by atoms with Crippen molar-refractivity contribution in [2.75, 3.05) is 4.90 Å². The van der Waals surface area contributed by atoms with E-state index in [0.29, 0.717) is 5.69 Å². The summed E-state index contributed by atoms with van der Waals surface area (Å²) in [6.07, 6.45) is 4.95. The fraction of sp³-hybridized carbons (Fsp3) is 0.0909. The summed E-state index contributed by atoms with van der Waals surface area (Å²) in [6, 6.07) is 8.56. The summed E-state index contributed by atoms with van der Waals surface area (Å²) >= 11 is 0. The lowest BCUT2D eigenvalue weighted by molar-refractivity contribution is -0.122. The largest absolute Gasteiger partial charge is 0.309 e. The molecule has 0 aliphatic rings. The van der Waals surface area contributed by atoms with Crippen molar-refractivity contribution in [1.29, 1.82) is 0 Å². The highest BCUT2D eigenvalue weighted by molar-refractivity contribution is 6.20. The Balaban J connectivity index is 3.09. The van der Waals surface area contributed by atoms with Gasteiger partial charge in [0, 0.05) is 6.92 Å². The average Bonchev–Trinajstić information content (AvgIpc) is 2.19. The van der Waals surface area contributed by atoms with Crippen molar-refractivity contribution < 1.29 is 9.59 Å². The summed E-state index contributed by atoms with van der Waals surface area (Å²) in [5, 5.41) is 0. The molecule has 0 atom stereocenters. The fourth-order valence-corrected chi connectivity index (χ4v) is 1.08. The maximum atomic E-state index is 11.2. The van der Waals surface area contributed by atoms with Gasteiger partial charge in [0.2, 0.25) is 5.91 Å². The Kier molecular flexibility index (Phi) is 3.03. The van der Waals surface area contributed by atoms with E-state index in [9.17, 15) is 9.59 Å².